The van der Waals surface area contributed by atoms with E-state index < -0.39 is 0 Å². The van der Waals surface area contributed by atoms with E-state index in [1.807, 2.05) is 30.3 Å². The lowest BCUT2D eigenvalue weighted by Gasteiger charge is -2.03. The highest BCUT2D eigenvalue weighted by Gasteiger charge is 1.96. The van der Waals surface area contributed by atoms with Gasteiger partial charge in [0.25, 0.3) is 0 Å². The quantitative estimate of drug-likeness (QED) is 0.227. The van der Waals surface area contributed by atoms with Crippen LogP contribution < -0.4 is 4.74 Å². The molecule has 1 nitrogen and oxygen atoms in total. The fourth-order valence-electron chi connectivity index (χ4n) is 3.02. The van der Waals surface area contributed by atoms with Crippen LogP contribution in [0.15, 0.2) is 60.7 Å². The van der Waals surface area contributed by atoms with Gasteiger partial charge in [0.2, 0.25) is 0 Å². The Balaban J connectivity index is 1.77. The average molecular weight is 375 g/mol. The monoisotopic (exact) mass is 374 g/mol. The van der Waals surface area contributed by atoms with Gasteiger partial charge in [-0.15, -0.1) is 0 Å². The third-order valence-electron chi connectivity index (χ3n) is 4.73. The number of hydrogen-bond donors (Lipinski definition) is 0. The van der Waals surface area contributed by atoms with Gasteiger partial charge in [0, 0.05) is 11.1 Å². The van der Waals surface area contributed by atoms with Gasteiger partial charge in [-0.05, 0) is 61.2 Å². The molecule has 0 aliphatic rings. The maximum Gasteiger partial charge on any atom is 0.119 e. The third kappa shape index (κ3) is 8.96. The fraction of sp³-hybridized carbons (Fsp3) is 0.407. The number of aryl methyl sites for hydroxylation is 1. The van der Waals surface area contributed by atoms with Crippen LogP contribution >= 0.6 is 0 Å². The lowest BCUT2D eigenvalue weighted by Crippen LogP contribution is -1.92. The summed E-state index contributed by atoms with van der Waals surface area (Å²) < 4.78 is 5.66. The zero-order valence-electron chi connectivity index (χ0n) is 17.5. The number of unbranched alkanes of at least 4 members (excludes halogenated alkanes) is 5. The first-order valence-electron chi connectivity index (χ1n) is 10.8. The normalized spacial score (nSPS) is 10.6. The predicted molar refractivity (Wildman–Crippen MR) is 121 cm³/mol. The summed E-state index contributed by atoms with van der Waals surface area (Å²) in [5, 5.41) is 0. The second-order valence-electron chi connectivity index (χ2n) is 7.18. The first kappa shape index (κ1) is 21.8. The van der Waals surface area contributed by atoms with Gasteiger partial charge in [-0.3, -0.25) is 0 Å². The summed E-state index contributed by atoms with van der Waals surface area (Å²) >= 11 is 0. The predicted octanol–water partition coefficient (Wildman–Crippen LogP) is 7.33. The Morgan fingerprint density at radius 2 is 1.32 bits per heavy atom. The zero-order chi connectivity index (χ0) is 19.9. The van der Waals surface area contributed by atoms with Crippen molar-refractivity contribution in [2.75, 3.05) is 6.61 Å². The molecule has 0 N–H and O–H groups in total. The lowest BCUT2D eigenvalue weighted by atomic mass is 10.0. The Kier molecular flexibility index (Phi) is 10.7. The minimum atomic E-state index is 0.615. The van der Waals surface area contributed by atoms with Gasteiger partial charge in [0.05, 0.1) is 0 Å². The molecule has 28 heavy (non-hydrogen) atoms. The standard InChI is InChI=1S/C27H34O/c1-3-5-7-8-9-10-12-24-13-15-25(16-14-24)17-18-26-19-21-27(22-20-26)28-23-11-6-4-2/h6,11,13-16,19-22H,3-5,7-10,12,23H2,1-2H3. The van der Waals surface area contributed by atoms with Gasteiger partial charge in [-0.1, -0.05) is 82.1 Å². The Labute approximate surface area is 171 Å². The zero-order valence-corrected chi connectivity index (χ0v) is 17.5. The molecular formula is C27H34O. The minimum absolute atomic E-state index is 0.615. The van der Waals surface area contributed by atoms with Crippen molar-refractivity contribution in [2.45, 2.75) is 65.2 Å². The van der Waals surface area contributed by atoms with Gasteiger partial charge in [0.15, 0.2) is 0 Å². The summed E-state index contributed by atoms with van der Waals surface area (Å²) in [4.78, 5) is 0. The fourth-order valence-corrected chi connectivity index (χ4v) is 3.02. The molecule has 0 amide bonds. The van der Waals surface area contributed by atoms with Crippen molar-refractivity contribution < 1.29 is 4.74 Å². The highest BCUT2D eigenvalue weighted by Crippen LogP contribution is 2.13. The highest BCUT2D eigenvalue weighted by atomic mass is 16.5. The molecule has 0 unspecified atom stereocenters. The van der Waals surface area contributed by atoms with Crippen molar-refractivity contribution in [1.82, 2.24) is 0 Å². The molecule has 148 valence electrons. The van der Waals surface area contributed by atoms with E-state index in [2.05, 4.69) is 56.0 Å². The molecule has 1 heteroatoms. The van der Waals surface area contributed by atoms with E-state index in [0.29, 0.717) is 6.61 Å². The van der Waals surface area contributed by atoms with Gasteiger partial charge < -0.3 is 4.74 Å². The summed E-state index contributed by atoms with van der Waals surface area (Å²) in [5.41, 5.74) is 3.49. The van der Waals surface area contributed by atoms with Gasteiger partial charge in [-0.25, -0.2) is 0 Å². The van der Waals surface area contributed by atoms with Gasteiger partial charge in [0.1, 0.15) is 12.4 Å². The summed E-state index contributed by atoms with van der Waals surface area (Å²) in [6, 6.07) is 16.7. The summed E-state index contributed by atoms with van der Waals surface area (Å²) in [6.45, 7) is 5.00. The van der Waals surface area contributed by atoms with Crippen LogP contribution in [0.25, 0.3) is 0 Å². The van der Waals surface area contributed by atoms with Crippen molar-refractivity contribution in [3.05, 3.63) is 77.4 Å². The molecule has 0 bridgehead atoms. The number of ether oxygens (including phenoxy) is 1. The van der Waals surface area contributed by atoms with Crippen molar-refractivity contribution in [3.63, 3.8) is 0 Å². The molecule has 0 heterocycles. The maximum absolute atomic E-state index is 5.66. The molecule has 2 aromatic carbocycles. The van der Waals surface area contributed by atoms with E-state index in [0.717, 1.165) is 23.3 Å². The van der Waals surface area contributed by atoms with Crippen molar-refractivity contribution in [3.8, 4) is 17.6 Å². The Bertz CT molecular complexity index is 742. The van der Waals surface area contributed by atoms with E-state index in [-0.39, 0.29) is 0 Å². The number of rotatable bonds is 11. The molecule has 0 saturated heterocycles. The molecular weight excluding hydrogens is 340 g/mol. The number of benzene rings is 2. The first-order valence-corrected chi connectivity index (χ1v) is 10.8. The molecule has 0 aliphatic heterocycles. The molecule has 0 fully saturated rings. The smallest absolute Gasteiger partial charge is 0.119 e. The van der Waals surface area contributed by atoms with Crippen LogP contribution in [0.1, 0.15) is 75.5 Å². The molecule has 0 saturated carbocycles. The minimum Gasteiger partial charge on any atom is -0.490 e. The highest BCUT2D eigenvalue weighted by molar-refractivity contribution is 5.44. The average Bonchev–Trinajstić information content (AvgIpc) is 2.74. The van der Waals surface area contributed by atoms with Crippen LogP contribution in [0, 0.1) is 11.8 Å². The largest absolute Gasteiger partial charge is 0.490 e. The maximum atomic E-state index is 5.66. The number of allylic oxidation sites excluding steroid dienone is 1. The van der Waals surface area contributed by atoms with Crippen LogP contribution in [-0.2, 0) is 6.42 Å². The molecule has 0 atom stereocenters. The molecule has 2 rings (SSSR count). The molecule has 0 radical (unpaired) electrons. The first-order chi connectivity index (χ1) is 13.8. The second kappa shape index (κ2) is 13.7. The van der Waals surface area contributed by atoms with E-state index in [1.54, 1.807) is 0 Å². The van der Waals surface area contributed by atoms with Crippen LogP contribution in [0.4, 0.5) is 0 Å². The van der Waals surface area contributed by atoms with Gasteiger partial charge in [-0.2, -0.15) is 0 Å². The second-order valence-corrected chi connectivity index (χ2v) is 7.18. The molecule has 2 aromatic rings. The summed E-state index contributed by atoms with van der Waals surface area (Å²) in [7, 11) is 0. The SMILES string of the molecule is CCC=CCOc1ccc(C#Cc2ccc(CCCCCCCC)cc2)cc1. The topological polar surface area (TPSA) is 9.23 Å². The lowest BCUT2D eigenvalue weighted by molar-refractivity contribution is 0.362. The van der Waals surface area contributed by atoms with Crippen molar-refractivity contribution in [2.24, 2.45) is 0 Å². The third-order valence-corrected chi connectivity index (χ3v) is 4.73. The number of hydrogen-bond acceptors (Lipinski definition) is 1. The Morgan fingerprint density at radius 3 is 1.96 bits per heavy atom. The summed E-state index contributed by atoms with van der Waals surface area (Å²) in [5.74, 6) is 7.37. The van der Waals surface area contributed by atoms with Crippen molar-refractivity contribution >= 4 is 0 Å². The Morgan fingerprint density at radius 1 is 0.714 bits per heavy atom. The van der Waals surface area contributed by atoms with Gasteiger partial charge >= 0.3 is 0 Å². The van der Waals surface area contributed by atoms with E-state index in [9.17, 15) is 0 Å². The molecule has 0 aromatic heterocycles. The Hall–Kier alpha value is -2.46. The summed E-state index contributed by atoms with van der Waals surface area (Å²) in [6.07, 6.45) is 14.4. The van der Waals surface area contributed by atoms with E-state index >= 15 is 0 Å². The van der Waals surface area contributed by atoms with Crippen molar-refractivity contribution in [1.29, 1.82) is 0 Å². The van der Waals surface area contributed by atoms with Crippen LogP contribution in [0.5, 0.6) is 5.75 Å². The van der Waals surface area contributed by atoms with Crippen LogP contribution in [-0.4, -0.2) is 6.61 Å². The van der Waals surface area contributed by atoms with Crippen LogP contribution in [0.2, 0.25) is 0 Å². The molecule has 0 aliphatic carbocycles. The molecule has 0 spiro atoms. The van der Waals surface area contributed by atoms with E-state index in [4.69, 9.17) is 4.74 Å². The van der Waals surface area contributed by atoms with Crippen LogP contribution in [0.3, 0.4) is 0 Å². The van der Waals surface area contributed by atoms with E-state index in [1.165, 1.54) is 50.5 Å².